The summed E-state index contributed by atoms with van der Waals surface area (Å²) in [7, 11) is 0. The molecule has 0 fully saturated rings. The molecule has 0 aromatic heterocycles. The van der Waals surface area contributed by atoms with E-state index in [0.717, 1.165) is 4.47 Å². The van der Waals surface area contributed by atoms with Gasteiger partial charge in [-0.15, -0.1) is 0 Å². The molecule has 1 rings (SSSR count). The van der Waals surface area contributed by atoms with Crippen LogP contribution in [0.5, 0.6) is 0 Å². The number of carbonyl (C=O) groups is 1. The van der Waals surface area contributed by atoms with E-state index in [1.165, 1.54) is 0 Å². The zero-order chi connectivity index (χ0) is 9.14. The molecule has 2 N–H and O–H groups in total. The summed E-state index contributed by atoms with van der Waals surface area (Å²) in [5, 5.41) is 0. The molecule has 3 heteroatoms. The Morgan fingerprint density at radius 1 is 1.58 bits per heavy atom. The van der Waals surface area contributed by atoms with E-state index in [9.17, 15) is 4.79 Å². The highest BCUT2D eigenvalue weighted by Gasteiger charge is 2.04. The SMILES string of the molecule is CCC(=O)c1ccc(N)c(Br)c1. The van der Waals surface area contributed by atoms with Gasteiger partial charge < -0.3 is 5.73 Å². The van der Waals surface area contributed by atoms with Crippen molar-refractivity contribution in [3.05, 3.63) is 28.2 Å². The van der Waals surface area contributed by atoms with Gasteiger partial charge >= 0.3 is 0 Å². The van der Waals surface area contributed by atoms with Crippen LogP contribution in [0.3, 0.4) is 0 Å². The summed E-state index contributed by atoms with van der Waals surface area (Å²) in [6, 6.07) is 5.22. The largest absolute Gasteiger partial charge is 0.398 e. The molecular weight excluding hydrogens is 218 g/mol. The van der Waals surface area contributed by atoms with Gasteiger partial charge in [0.25, 0.3) is 0 Å². The highest BCUT2D eigenvalue weighted by Crippen LogP contribution is 2.20. The number of ketones is 1. The Labute approximate surface area is 79.9 Å². The summed E-state index contributed by atoms with van der Waals surface area (Å²) < 4.78 is 0.779. The minimum atomic E-state index is 0.135. The molecule has 0 aliphatic carbocycles. The van der Waals surface area contributed by atoms with Crippen LogP contribution in [-0.4, -0.2) is 5.78 Å². The van der Waals surface area contributed by atoms with Gasteiger partial charge in [0.1, 0.15) is 0 Å². The first-order valence-electron chi connectivity index (χ1n) is 3.73. The topological polar surface area (TPSA) is 43.1 Å². The molecule has 0 saturated heterocycles. The van der Waals surface area contributed by atoms with Crippen molar-refractivity contribution in [2.75, 3.05) is 5.73 Å². The zero-order valence-electron chi connectivity index (χ0n) is 6.80. The first-order valence-corrected chi connectivity index (χ1v) is 4.52. The fraction of sp³-hybridized carbons (Fsp3) is 0.222. The van der Waals surface area contributed by atoms with Gasteiger partial charge in [0.2, 0.25) is 0 Å². The van der Waals surface area contributed by atoms with Gasteiger partial charge in [-0.1, -0.05) is 6.92 Å². The fourth-order valence-corrected chi connectivity index (χ4v) is 1.28. The average molecular weight is 228 g/mol. The molecule has 0 aliphatic rings. The summed E-state index contributed by atoms with van der Waals surface area (Å²) in [5.74, 6) is 0.135. The maximum atomic E-state index is 11.2. The van der Waals surface area contributed by atoms with Crippen LogP contribution in [0.4, 0.5) is 5.69 Å². The van der Waals surface area contributed by atoms with E-state index in [2.05, 4.69) is 15.9 Å². The molecule has 64 valence electrons. The molecule has 0 atom stereocenters. The monoisotopic (exact) mass is 227 g/mol. The standard InChI is InChI=1S/C9H10BrNO/c1-2-9(12)6-3-4-8(11)7(10)5-6/h3-5H,2,11H2,1H3. The minimum absolute atomic E-state index is 0.135. The molecule has 0 saturated carbocycles. The summed E-state index contributed by atoms with van der Waals surface area (Å²) in [6.45, 7) is 1.84. The smallest absolute Gasteiger partial charge is 0.162 e. The molecule has 0 spiro atoms. The maximum Gasteiger partial charge on any atom is 0.162 e. The second-order valence-corrected chi connectivity index (χ2v) is 3.37. The molecule has 1 aromatic rings. The van der Waals surface area contributed by atoms with Crippen molar-refractivity contribution >= 4 is 27.4 Å². The summed E-state index contributed by atoms with van der Waals surface area (Å²) >= 11 is 3.27. The Morgan fingerprint density at radius 3 is 2.75 bits per heavy atom. The lowest BCUT2D eigenvalue weighted by Gasteiger charge is -2.00. The van der Waals surface area contributed by atoms with E-state index in [1.54, 1.807) is 18.2 Å². The number of carbonyl (C=O) groups excluding carboxylic acids is 1. The predicted molar refractivity (Wildman–Crippen MR) is 53.2 cm³/mol. The molecule has 0 bridgehead atoms. The maximum absolute atomic E-state index is 11.2. The first-order chi connectivity index (χ1) is 5.65. The molecule has 2 nitrogen and oxygen atoms in total. The number of halogens is 1. The molecule has 0 aliphatic heterocycles. The van der Waals surface area contributed by atoms with Gasteiger partial charge in [-0.2, -0.15) is 0 Å². The van der Waals surface area contributed by atoms with Crippen molar-refractivity contribution in [1.82, 2.24) is 0 Å². The van der Waals surface area contributed by atoms with Crippen LogP contribution < -0.4 is 5.73 Å². The minimum Gasteiger partial charge on any atom is -0.398 e. The Bertz CT molecular complexity index is 309. The Hall–Kier alpha value is -0.830. The van der Waals surface area contributed by atoms with Crippen molar-refractivity contribution < 1.29 is 4.79 Å². The lowest BCUT2D eigenvalue weighted by Crippen LogP contribution is -1.97. The third kappa shape index (κ3) is 1.85. The zero-order valence-corrected chi connectivity index (χ0v) is 8.39. The molecule has 1 aromatic carbocycles. The Morgan fingerprint density at radius 2 is 2.25 bits per heavy atom. The van der Waals surface area contributed by atoms with Crippen LogP contribution in [0.15, 0.2) is 22.7 Å². The molecule has 0 unspecified atom stereocenters. The number of anilines is 1. The van der Waals surface area contributed by atoms with Crippen molar-refractivity contribution in [2.45, 2.75) is 13.3 Å². The highest BCUT2D eigenvalue weighted by atomic mass is 79.9. The number of hydrogen-bond donors (Lipinski definition) is 1. The number of nitrogens with two attached hydrogens (primary N) is 1. The predicted octanol–water partition coefficient (Wildman–Crippen LogP) is 2.62. The first kappa shape index (κ1) is 9.26. The van der Waals surface area contributed by atoms with Gasteiger partial charge in [-0.05, 0) is 34.1 Å². The average Bonchev–Trinajstić information content (AvgIpc) is 2.08. The summed E-state index contributed by atoms with van der Waals surface area (Å²) in [4.78, 5) is 11.2. The molecular formula is C9H10BrNO. The van der Waals surface area contributed by atoms with Crippen LogP contribution >= 0.6 is 15.9 Å². The van der Waals surface area contributed by atoms with Crippen molar-refractivity contribution in [2.24, 2.45) is 0 Å². The summed E-state index contributed by atoms with van der Waals surface area (Å²) in [5.41, 5.74) is 6.93. The molecule has 12 heavy (non-hydrogen) atoms. The van der Waals surface area contributed by atoms with Gasteiger partial charge in [0, 0.05) is 22.1 Å². The van der Waals surface area contributed by atoms with Crippen molar-refractivity contribution in [3.8, 4) is 0 Å². The third-order valence-corrected chi connectivity index (χ3v) is 2.33. The van der Waals surface area contributed by atoms with Crippen molar-refractivity contribution in [3.63, 3.8) is 0 Å². The second-order valence-electron chi connectivity index (χ2n) is 2.51. The number of nitrogen functional groups attached to an aromatic ring is 1. The Kier molecular flexibility index (Phi) is 2.87. The van der Waals surface area contributed by atoms with Gasteiger partial charge in [-0.25, -0.2) is 0 Å². The number of benzene rings is 1. The molecule has 0 heterocycles. The van der Waals surface area contributed by atoms with Crippen LogP contribution in [-0.2, 0) is 0 Å². The Balaban J connectivity index is 3.05. The van der Waals surface area contributed by atoms with E-state index >= 15 is 0 Å². The quantitative estimate of drug-likeness (QED) is 0.624. The summed E-state index contributed by atoms with van der Waals surface area (Å²) in [6.07, 6.45) is 0.524. The molecule has 0 amide bonds. The lowest BCUT2D eigenvalue weighted by molar-refractivity contribution is 0.0988. The van der Waals surface area contributed by atoms with E-state index < -0.39 is 0 Å². The molecule has 0 radical (unpaired) electrons. The van der Waals surface area contributed by atoms with E-state index in [-0.39, 0.29) is 5.78 Å². The van der Waals surface area contributed by atoms with Crippen LogP contribution in [0.2, 0.25) is 0 Å². The van der Waals surface area contributed by atoms with Crippen molar-refractivity contribution in [1.29, 1.82) is 0 Å². The van der Waals surface area contributed by atoms with Gasteiger partial charge in [0.15, 0.2) is 5.78 Å². The normalized spacial score (nSPS) is 9.83. The van der Waals surface area contributed by atoms with Crippen LogP contribution in [0.25, 0.3) is 0 Å². The van der Waals surface area contributed by atoms with Gasteiger partial charge in [-0.3, -0.25) is 4.79 Å². The second kappa shape index (κ2) is 3.72. The number of hydrogen-bond acceptors (Lipinski definition) is 2. The highest BCUT2D eigenvalue weighted by molar-refractivity contribution is 9.10. The fourth-order valence-electron chi connectivity index (χ4n) is 0.905. The van der Waals surface area contributed by atoms with Crippen LogP contribution in [0.1, 0.15) is 23.7 Å². The van der Waals surface area contributed by atoms with E-state index in [4.69, 9.17) is 5.73 Å². The van der Waals surface area contributed by atoms with E-state index in [1.807, 2.05) is 6.92 Å². The number of Topliss-reactive ketones (excluding diaryl/α,β-unsaturated/α-hetero) is 1. The van der Waals surface area contributed by atoms with Gasteiger partial charge in [0.05, 0.1) is 0 Å². The number of rotatable bonds is 2. The van der Waals surface area contributed by atoms with Crippen LogP contribution in [0, 0.1) is 0 Å². The third-order valence-electron chi connectivity index (χ3n) is 1.64. The lowest BCUT2D eigenvalue weighted by atomic mass is 10.1. The van der Waals surface area contributed by atoms with E-state index in [0.29, 0.717) is 17.7 Å².